The number of hydrogen-bond acceptors (Lipinski definition) is 6. The van der Waals surface area contributed by atoms with Crippen molar-refractivity contribution in [2.24, 2.45) is 0 Å². The fourth-order valence-corrected chi connectivity index (χ4v) is 3.49. The van der Waals surface area contributed by atoms with Gasteiger partial charge in [0.25, 0.3) is 0 Å². The Morgan fingerprint density at radius 3 is 2.47 bits per heavy atom. The van der Waals surface area contributed by atoms with Gasteiger partial charge in [0.15, 0.2) is 5.65 Å². The normalized spacial score (nSPS) is 18.6. The quantitative estimate of drug-likeness (QED) is 0.522. The third-order valence-electron chi connectivity index (χ3n) is 5.18. The number of rotatable bonds is 4. The zero-order valence-electron chi connectivity index (χ0n) is 16.8. The molecule has 160 valence electrons. The van der Waals surface area contributed by atoms with Crippen LogP contribution in [0.4, 0.5) is 26.1 Å². The number of nitrogens with one attached hydrogen (secondary N) is 3. The van der Waals surface area contributed by atoms with Gasteiger partial charge >= 0.3 is 0 Å². The number of anilines is 3. The maximum atomic E-state index is 13.4. The Morgan fingerprint density at radius 2 is 1.90 bits per heavy atom. The van der Waals surface area contributed by atoms with E-state index in [1.165, 1.54) is 12.1 Å². The van der Waals surface area contributed by atoms with Crippen LogP contribution in [0, 0.1) is 11.6 Å². The molecule has 1 saturated carbocycles. The van der Waals surface area contributed by atoms with Crippen molar-refractivity contribution in [2.45, 2.75) is 37.7 Å². The van der Waals surface area contributed by atoms with Crippen LogP contribution in [0.1, 0.15) is 37.2 Å². The minimum absolute atomic E-state index is 0.0752. The molecule has 1 aromatic carbocycles. The van der Waals surface area contributed by atoms with Crippen LogP contribution in [0.3, 0.4) is 0 Å². The van der Waals surface area contributed by atoms with Crippen molar-refractivity contribution in [1.29, 1.82) is 0 Å². The van der Waals surface area contributed by atoms with Gasteiger partial charge in [-0.25, -0.2) is 13.8 Å². The van der Waals surface area contributed by atoms with Crippen molar-refractivity contribution < 1.29 is 13.9 Å². The Bertz CT molecular complexity index is 994. The van der Waals surface area contributed by atoms with Crippen LogP contribution in [-0.2, 0) is 0 Å². The average Bonchev–Trinajstić information content (AvgIpc) is 3.47. The lowest BCUT2D eigenvalue weighted by molar-refractivity contribution is 0.142. The Morgan fingerprint density at radius 1 is 1.13 bits per heavy atom. The molecule has 1 unspecified atom stereocenters. The van der Waals surface area contributed by atoms with Gasteiger partial charge in [0.2, 0.25) is 0 Å². The zero-order chi connectivity index (χ0) is 21.1. The Hall–Kier alpha value is -2.78. The van der Waals surface area contributed by atoms with Crippen LogP contribution in [0.25, 0.3) is 5.65 Å². The van der Waals surface area contributed by atoms with E-state index in [1.54, 1.807) is 17.6 Å². The number of hydrogen-bond donors (Lipinski definition) is 4. The number of halogens is 2. The molecule has 2 fully saturated rings. The molecule has 1 atom stereocenters. The van der Waals surface area contributed by atoms with Gasteiger partial charge < -0.3 is 21.1 Å². The first kappa shape index (κ1) is 20.5. The Balaban J connectivity index is 0.000000265. The van der Waals surface area contributed by atoms with Gasteiger partial charge in [-0.15, -0.1) is 0 Å². The molecule has 2 aliphatic rings. The van der Waals surface area contributed by atoms with Crippen molar-refractivity contribution >= 4 is 23.0 Å². The van der Waals surface area contributed by atoms with E-state index >= 15 is 0 Å². The summed E-state index contributed by atoms with van der Waals surface area (Å²) in [4.78, 5) is 4.55. The fourth-order valence-electron chi connectivity index (χ4n) is 3.49. The van der Waals surface area contributed by atoms with Gasteiger partial charge in [0.05, 0.1) is 12.3 Å². The number of β-amino-alcohol motifs (C(OH)–C–C–N with tert-alkyl or cyclic N) is 1. The summed E-state index contributed by atoms with van der Waals surface area (Å²) in [5, 5.41) is 22.3. The van der Waals surface area contributed by atoms with Crippen LogP contribution in [0.15, 0.2) is 30.5 Å². The predicted molar refractivity (Wildman–Crippen MR) is 112 cm³/mol. The van der Waals surface area contributed by atoms with E-state index in [4.69, 9.17) is 5.11 Å². The second-order valence-corrected chi connectivity index (χ2v) is 7.67. The summed E-state index contributed by atoms with van der Waals surface area (Å²) in [5.74, 6) is 0.499. The van der Waals surface area contributed by atoms with Crippen molar-refractivity contribution in [3.05, 3.63) is 47.7 Å². The van der Waals surface area contributed by atoms with Crippen molar-refractivity contribution in [3.63, 3.8) is 0 Å². The van der Waals surface area contributed by atoms with Crippen LogP contribution in [-0.4, -0.2) is 45.9 Å². The van der Waals surface area contributed by atoms with Gasteiger partial charge in [-0.05, 0) is 50.3 Å². The first-order valence-electron chi connectivity index (χ1n) is 10.2. The molecule has 1 aliphatic heterocycles. The lowest BCUT2D eigenvalue weighted by Crippen LogP contribution is -2.33. The minimum Gasteiger partial charge on any atom is -0.392 e. The van der Waals surface area contributed by atoms with Crippen LogP contribution in [0.2, 0.25) is 0 Å². The van der Waals surface area contributed by atoms with Crippen LogP contribution >= 0.6 is 0 Å². The largest absolute Gasteiger partial charge is 0.392 e. The van der Waals surface area contributed by atoms with E-state index in [2.05, 4.69) is 26.0 Å². The van der Waals surface area contributed by atoms with E-state index in [0.717, 1.165) is 56.0 Å². The zero-order valence-corrected chi connectivity index (χ0v) is 16.8. The molecule has 3 heterocycles. The van der Waals surface area contributed by atoms with E-state index in [0.29, 0.717) is 23.2 Å². The summed E-state index contributed by atoms with van der Waals surface area (Å²) in [6.45, 7) is 1.87. The number of aromatic nitrogens is 3. The first-order valence-corrected chi connectivity index (χ1v) is 10.2. The van der Waals surface area contributed by atoms with E-state index in [1.807, 2.05) is 6.20 Å². The minimum atomic E-state index is -0.634. The number of nitrogens with zero attached hydrogens (tertiary/aromatic N) is 3. The molecule has 0 bridgehead atoms. The Kier molecular flexibility index (Phi) is 6.10. The SMILES string of the molecule is CNc1cc(Nc2cc(F)cc(F)c2)n2ncc(C3CC3)c2n1.OC1CCCNC1. The van der Waals surface area contributed by atoms with Gasteiger partial charge in [0, 0.05) is 37.0 Å². The molecule has 1 saturated heterocycles. The van der Waals surface area contributed by atoms with Gasteiger partial charge in [-0.3, -0.25) is 0 Å². The van der Waals surface area contributed by atoms with Gasteiger partial charge in [0.1, 0.15) is 23.3 Å². The standard InChI is InChI=1S/C16H15F2N5.C5H11NO/c1-19-14-7-15(21-12-5-10(17)4-11(18)6-12)23-16(22-14)13(8-20-23)9-2-3-9;7-5-2-1-3-6-4-5/h4-9,21H,2-3H2,1H3,(H,19,22);5-7H,1-4H2. The van der Waals surface area contributed by atoms with Crippen molar-refractivity contribution in [3.8, 4) is 0 Å². The highest BCUT2D eigenvalue weighted by Gasteiger charge is 2.28. The van der Waals surface area contributed by atoms with E-state index in [-0.39, 0.29) is 6.10 Å². The summed E-state index contributed by atoms with van der Waals surface area (Å²) < 4.78 is 28.4. The van der Waals surface area contributed by atoms with Crippen molar-refractivity contribution in [2.75, 3.05) is 30.8 Å². The number of fused-ring (bicyclic) bond motifs is 1. The summed E-state index contributed by atoms with van der Waals surface area (Å²) >= 11 is 0. The number of aliphatic hydroxyl groups excluding tert-OH is 1. The monoisotopic (exact) mass is 416 g/mol. The molecule has 7 nitrogen and oxygen atoms in total. The maximum Gasteiger partial charge on any atom is 0.163 e. The highest BCUT2D eigenvalue weighted by atomic mass is 19.1. The van der Waals surface area contributed by atoms with Gasteiger partial charge in [-0.2, -0.15) is 9.61 Å². The molecule has 9 heteroatoms. The molecule has 0 amide bonds. The van der Waals surface area contributed by atoms with Gasteiger partial charge in [-0.1, -0.05) is 0 Å². The lowest BCUT2D eigenvalue weighted by Gasteiger charge is -2.16. The summed E-state index contributed by atoms with van der Waals surface area (Å²) in [5.41, 5.74) is 2.19. The molecule has 3 aromatic rings. The fraction of sp³-hybridized carbons (Fsp3) is 0.429. The highest BCUT2D eigenvalue weighted by Crippen LogP contribution is 2.42. The van der Waals surface area contributed by atoms with E-state index < -0.39 is 11.6 Å². The summed E-state index contributed by atoms with van der Waals surface area (Å²) in [6, 6.07) is 5.06. The predicted octanol–water partition coefficient (Wildman–Crippen LogP) is 3.40. The molecule has 4 N–H and O–H groups in total. The number of benzene rings is 1. The molecule has 2 aromatic heterocycles. The third kappa shape index (κ3) is 4.85. The molecule has 1 aliphatic carbocycles. The van der Waals surface area contributed by atoms with Crippen LogP contribution < -0.4 is 16.0 Å². The highest BCUT2D eigenvalue weighted by molar-refractivity contribution is 5.66. The second kappa shape index (κ2) is 8.93. The Labute approximate surface area is 173 Å². The number of piperidine rings is 1. The average molecular weight is 416 g/mol. The van der Waals surface area contributed by atoms with Crippen molar-refractivity contribution in [1.82, 2.24) is 19.9 Å². The maximum absolute atomic E-state index is 13.4. The second-order valence-electron chi connectivity index (χ2n) is 7.67. The summed E-state index contributed by atoms with van der Waals surface area (Å²) in [6.07, 6.45) is 6.13. The molecule has 0 spiro atoms. The molecular weight excluding hydrogens is 390 g/mol. The lowest BCUT2D eigenvalue weighted by atomic mass is 10.1. The molecule has 0 radical (unpaired) electrons. The topological polar surface area (TPSA) is 86.5 Å². The van der Waals surface area contributed by atoms with E-state index in [9.17, 15) is 8.78 Å². The first-order chi connectivity index (χ1) is 14.5. The smallest absolute Gasteiger partial charge is 0.163 e. The molecule has 5 rings (SSSR count). The van der Waals surface area contributed by atoms with Crippen LogP contribution in [0.5, 0.6) is 0 Å². The molecular formula is C21H26F2N6O. The number of aliphatic hydroxyl groups is 1. The summed E-state index contributed by atoms with van der Waals surface area (Å²) in [7, 11) is 1.78. The third-order valence-corrected chi connectivity index (χ3v) is 5.18. The molecule has 30 heavy (non-hydrogen) atoms.